The molecule has 1 fully saturated rings. The molecular formula is C15H32N2O. The third kappa shape index (κ3) is 3.94. The van der Waals surface area contributed by atoms with Crippen molar-refractivity contribution in [3.8, 4) is 0 Å². The van der Waals surface area contributed by atoms with E-state index in [1.54, 1.807) is 7.11 Å². The van der Waals surface area contributed by atoms with Gasteiger partial charge in [-0.25, -0.2) is 0 Å². The fraction of sp³-hybridized carbons (Fsp3) is 1.00. The monoisotopic (exact) mass is 256 g/mol. The lowest BCUT2D eigenvalue weighted by atomic mass is 9.86. The summed E-state index contributed by atoms with van der Waals surface area (Å²) in [7, 11) is 1.78. The second-order valence-electron chi connectivity index (χ2n) is 6.24. The van der Waals surface area contributed by atoms with Crippen LogP contribution in [0.5, 0.6) is 0 Å². The lowest BCUT2D eigenvalue weighted by molar-refractivity contribution is 0.0234. The van der Waals surface area contributed by atoms with E-state index in [4.69, 9.17) is 10.5 Å². The Balaban J connectivity index is 2.80. The van der Waals surface area contributed by atoms with E-state index in [0.717, 1.165) is 25.6 Å². The molecule has 0 saturated heterocycles. The molecule has 0 radical (unpaired) electrons. The molecule has 0 aromatic heterocycles. The minimum atomic E-state index is 0.206. The zero-order chi connectivity index (χ0) is 13.6. The van der Waals surface area contributed by atoms with Crippen LogP contribution in [0.2, 0.25) is 0 Å². The summed E-state index contributed by atoms with van der Waals surface area (Å²) in [4.78, 5) is 2.59. The van der Waals surface area contributed by atoms with Gasteiger partial charge in [0.2, 0.25) is 0 Å². The maximum absolute atomic E-state index is 6.18. The number of rotatable bonds is 6. The van der Waals surface area contributed by atoms with Gasteiger partial charge in [0, 0.05) is 31.8 Å². The largest absolute Gasteiger partial charge is 0.383 e. The van der Waals surface area contributed by atoms with Crippen molar-refractivity contribution in [3.05, 3.63) is 0 Å². The molecule has 0 aromatic rings. The first kappa shape index (κ1) is 15.9. The topological polar surface area (TPSA) is 38.5 Å². The van der Waals surface area contributed by atoms with Gasteiger partial charge in [-0.3, -0.25) is 4.90 Å². The van der Waals surface area contributed by atoms with Gasteiger partial charge >= 0.3 is 0 Å². The molecule has 2 unspecified atom stereocenters. The highest BCUT2D eigenvalue weighted by molar-refractivity contribution is 4.95. The van der Waals surface area contributed by atoms with Crippen molar-refractivity contribution >= 4 is 0 Å². The Morgan fingerprint density at radius 1 is 1.33 bits per heavy atom. The van der Waals surface area contributed by atoms with Gasteiger partial charge in [0.15, 0.2) is 0 Å². The summed E-state index contributed by atoms with van der Waals surface area (Å²) in [5, 5.41) is 0. The van der Waals surface area contributed by atoms with Crippen molar-refractivity contribution in [1.29, 1.82) is 0 Å². The van der Waals surface area contributed by atoms with Gasteiger partial charge in [0.05, 0.1) is 6.61 Å². The molecule has 0 amide bonds. The average Bonchev–Trinajstić information content (AvgIpc) is 2.53. The minimum absolute atomic E-state index is 0.206. The fourth-order valence-corrected chi connectivity index (χ4v) is 3.41. The first-order valence-electron chi connectivity index (χ1n) is 7.51. The summed E-state index contributed by atoms with van der Waals surface area (Å²) in [6.07, 6.45) is 6.47. The maximum atomic E-state index is 6.18. The molecule has 18 heavy (non-hydrogen) atoms. The van der Waals surface area contributed by atoms with Gasteiger partial charge in [-0.05, 0) is 39.0 Å². The zero-order valence-electron chi connectivity index (χ0n) is 12.7. The van der Waals surface area contributed by atoms with E-state index >= 15 is 0 Å². The number of nitrogens with zero attached hydrogens (tertiary/aromatic N) is 1. The first-order valence-corrected chi connectivity index (χ1v) is 7.51. The van der Waals surface area contributed by atoms with E-state index in [1.165, 1.54) is 32.1 Å². The van der Waals surface area contributed by atoms with Gasteiger partial charge in [-0.2, -0.15) is 0 Å². The third-order valence-corrected chi connectivity index (χ3v) is 4.59. The molecule has 1 saturated carbocycles. The van der Waals surface area contributed by atoms with Gasteiger partial charge in [-0.15, -0.1) is 0 Å². The van der Waals surface area contributed by atoms with Crippen molar-refractivity contribution in [2.24, 2.45) is 11.7 Å². The van der Waals surface area contributed by atoms with E-state index in [0.29, 0.717) is 6.04 Å². The molecule has 2 N–H and O–H groups in total. The summed E-state index contributed by atoms with van der Waals surface area (Å²) in [5.41, 5.74) is 6.39. The first-order chi connectivity index (χ1) is 8.55. The number of hydrogen-bond donors (Lipinski definition) is 1. The minimum Gasteiger partial charge on any atom is -0.383 e. The van der Waals surface area contributed by atoms with Gasteiger partial charge in [0.25, 0.3) is 0 Å². The summed E-state index contributed by atoms with van der Waals surface area (Å²) >= 11 is 0. The number of hydrogen-bond acceptors (Lipinski definition) is 3. The Labute approximate surface area is 113 Å². The Bertz CT molecular complexity index is 233. The van der Waals surface area contributed by atoms with Crippen molar-refractivity contribution in [1.82, 2.24) is 4.90 Å². The van der Waals surface area contributed by atoms with Crippen LogP contribution in [-0.2, 0) is 4.74 Å². The second kappa shape index (κ2) is 7.46. The number of nitrogens with two attached hydrogens (primary N) is 1. The second-order valence-corrected chi connectivity index (χ2v) is 6.24. The summed E-state index contributed by atoms with van der Waals surface area (Å²) < 4.78 is 5.27. The Hall–Kier alpha value is -0.120. The molecular weight excluding hydrogens is 224 g/mol. The standard InChI is InChI=1S/C15H32N2O/c1-13(2)17(10-11-18-4)15(12-16)8-5-6-14(3)7-9-15/h13-14H,5-12,16H2,1-4H3. The van der Waals surface area contributed by atoms with E-state index in [1.807, 2.05) is 0 Å². The molecule has 3 nitrogen and oxygen atoms in total. The average molecular weight is 256 g/mol. The molecule has 0 spiro atoms. The van der Waals surface area contributed by atoms with Crippen LogP contribution in [-0.4, -0.2) is 43.3 Å². The van der Waals surface area contributed by atoms with Crippen molar-refractivity contribution in [2.75, 3.05) is 26.8 Å². The van der Waals surface area contributed by atoms with Gasteiger partial charge in [-0.1, -0.05) is 19.8 Å². The molecule has 3 heteroatoms. The highest BCUT2D eigenvalue weighted by Gasteiger charge is 2.37. The van der Waals surface area contributed by atoms with Gasteiger partial charge < -0.3 is 10.5 Å². The van der Waals surface area contributed by atoms with Crippen molar-refractivity contribution in [3.63, 3.8) is 0 Å². The van der Waals surface area contributed by atoms with Crippen LogP contribution < -0.4 is 5.73 Å². The van der Waals surface area contributed by atoms with Crippen molar-refractivity contribution in [2.45, 2.75) is 64.5 Å². The molecule has 1 aliphatic rings. The van der Waals surface area contributed by atoms with Crippen LogP contribution in [0, 0.1) is 5.92 Å². The Morgan fingerprint density at radius 2 is 2.06 bits per heavy atom. The summed E-state index contributed by atoms with van der Waals surface area (Å²) in [5.74, 6) is 0.856. The predicted molar refractivity (Wildman–Crippen MR) is 77.8 cm³/mol. The van der Waals surface area contributed by atoms with E-state index in [-0.39, 0.29) is 5.54 Å². The highest BCUT2D eigenvalue weighted by atomic mass is 16.5. The molecule has 2 atom stereocenters. The number of methoxy groups -OCH3 is 1. The molecule has 1 rings (SSSR count). The highest BCUT2D eigenvalue weighted by Crippen LogP contribution is 2.35. The van der Waals surface area contributed by atoms with Crippen LogP contribution in [0.3, 0.4) is 0 Å². The number of ether oxygens (including phenoxy) is 1. The van der Waals surface area contributed by atoms with Gasteiger partial charge in [0.1, 0.15) is 0 Å². The van der Waals surface area contributed by atoms with E-state index < -0.39 is 0 Å². The maximum Gasteiger partial charge on any atom is 0.0590 e. The van der Waals surface area contributed by atoms with Crippen LogP contribution in [0.1, 0.15) is 52.9 Å². The summed E-state index contributed by atoms with van der Waals surface area (Å²) in [6, 6.07) is 0.539. The Morgan fingerprint density at radius 3 is 2.61 bits per heavy atom. The molecule has 108 valence electrons. The molecule has 0 aliphatic heterocycles. The SMILES string of the molecule is COCCN(C(C)C)C1(CN)CCCC(C)CC1. The summed E-state index contributed by atoms with van der Waals surface area (Å²) in [6.45, 7) is 9.51. The van der Waals surface area contributed by atoms with Crippen LogP contribution in [0.25, 0.3) is 0 Å². The zero-order valence-corrected chi connectivity index (χ0v) is 12.7. The van der Waals surface area contributed by atoms with Crippen molar-refractivity contribution < 1.29 is 4.74 Å². The van der Waals surface area contributed by atoms with Crippen LogP contribution in [0.4, 0.5) is 0 Å². The van der Waals surface area contributed by atoms with E-state index in [2.05, 4.69) is 25.7 Å². The predicted octanol–water partition coefficient (Wildman–Crippen LogP) is 2.64. The Kier molecular flexibility index (Phi) is 6.61. The molecule has 1 aliphatic carbocycles. The van der Waals surface area contributed by atoms with E-state index in [9.17, 15) is 0 Å². The quantitative estimate of drug-likeness (QED) is 0.743. The van der Waals surface area contributed by atoms with Crippen LogP contribution in [0.15, 0.2) is 0 Å². The third-order valence-electron chi connectivity index (χ3n) is 4.59. The van der Waals surface area contributed by atoms with Crippen LogP contribution >= 0.6 is 0 Å². The lowest BCUT2D eigenvalue weighted by Crippen LogP contribution is -2.57. The lowest BCUT2D eigenvalue weighted by Gasteiger charge is -2.46. The molecule has 0 aromatic carbocycles. The smallest absolute Gasteiger partial charge is 0.0590 e. The fourth-order valence-electron chi connectivity index (χ4n) is 3.41. The molecule has 0 bridgehead atoms. The molecule has 0 heterocycles. The normalized spacial score (nSPS) is 29.8.